The first kappa shape index (κ1) is 27.6. The first-order chi connectivity index (χ1) is 15.6. The molecule has 0 saturated carbocycles. The van der Waals surface area contributed by atoms with Crippen molar-refractivity contribution in [3.63, 3.8) is 0 Å². The van der Waals surface area contributed by atoms with E-state index in [1.54, 1.807) is 20.2 Å². The van der Waals surface area contributed by atoms with E-state index in [-0.39, 0.29) is 35.7 Å². The lowest BCUT2D eigenvalue weighted by Gasteiger charge is -2.36. The van der Waals surface area contributed by atoms with Crippen LogP contribution in [0, 0.1) is 5.82 Å². The highest BCUT2D eigenvalue weighted by molar-refractivity contribution is 14.0. The van der Waals surface area contributed by atoms with Gasteiger partial charge in [-0.05, 0) is 37.9 Å². The molecule has 8 nitrogen and oxygen atoms in total. The first-order valence-corrected chi connectivity index (χ1v) is 11.7. The number of nitrogens with zero attached hydrogens (tertiary/aromatic N) is 4. The number of para-hydroxylation sites is 1. The van der Waals surface area contributed by atoms with Gasteiger partial charge in [-0.25, -0.2) is 4.39 Å². The van der Waals surface area contributed by atoms with Crippen molar-refractivity contribution in [1.29, 1.82) is 0 Å². The molecule has 0 aliphatic carbocycles. The summed E-state index contributed by atoms with van der Waals surface area (Å²) in [5.74, 6) is 0.780. The number of carbonyl (C=O) groups excluding carboxylic acids is 1. The average molecular weight is 576 g/mol. The molecule has 2 saturated heterocycles. The summed E-state index contributed by atoms with van der Waals surface area (Å²) in [6, 6.07) is 7.41. The highest BCUT2D eigenvalue weighted by Crippen LogP contribution is 2.20. The van der Waals surface area contributed by atoms with E-state index in [9.17, 15) is 9.18 Å². The molecule has 2 heterocycles. The summed E-state index contributed by atoms with van der Waals surface area (Å²) in [4.78, 5) is 22.7. The van der Waals surface area contributed by atoms with E-state index in [2.05, 4.69) is 35.6 Å². The predicted molar refractivity (Wildman–Crippen MR) is 143 cm³/mol. The minimum Gasteiger partial charge on any atom is -0.367 e. The average Bonchev–Trinajstić information content (AvgIpc) is 2.83. The Kier molecular flexibility index (Phi) is 12.2. The van der Waals surface area contributed by atoms with Crippen molar-refractivity contribution in [2.24, 2.45) is 4.99 Å². The van der Waals surface area contributed by atoms with Gasteiger partial charge in [-0.2, -0.15) is 0 Å². The van der Waals surface area contributed by atoms with Crippen LogP contribution < -0.4 is 20.9 Å². The Hall–Kier alpha value is -1.66. The lowest BCUT2D eigenvalue weighted by atomic mass is 10.1. The summed E-state index contributed by atoms with van der Waals surface area (Å²) < 4.78 is 14.0. The molecule has 1 amide bonds. The number of amides is 1. The quantitative estimate of drug-likeness (QED) is 0.188. The summed E-state index contributed by atoms with van der Waals surface area (Å²) in [5, 5.41) is 9.63. The van der Waals surface area contributed by atoms with Gasteiger partial charge in [0.15, 0.2) is 5.96 Å². The first-order valence-electron chi connectivity index (χ1n) is 11.7. The molecule has 10 heteroatoms. The van der Waals surface area contributed by atoms with Gasteiger partial charge < -0.3 is 20.9 Å². The van der Waals surface area contributed by atoms with E-state index in [0.717, 1.165) is 77.6 Å². The summed E-state index contributed by atoms with van der Waals surface area (Å²) in [5.41, 5.74) is 0.711. The van der Waals surface area contributed by atoms with Crippen LogP contribution >= 0.6 is 24.0 Å². The predicted octanol–water partition coefficient (Wildman–Crippen LogP) is 1.33. The van der Waals surface area contributed by atoms with Crippen LogP contribution in [0.1, 0.15) is 19.3 Å². The number of piperidine rings is 1. The molecule has 3 rings (SSSR count). The van der Waals surface area contributed by atoms with E-state index in [0.29, 0.717) is 18.3 Å². The van der Waals surface area contributed by atoms with E-state index >= 15 is 0 Å². The van der Waals surface area contributed by atoms with E-state index in [4.69, 9.17) is 0 Å². The molecule has 0 atom stereocenters. The van der Waals surface area contributed by atoms with E-state index < -0.39 is 0 Å². The zero-order chi connectivity index (χ0) is 22.8. The Morgan fingerprint density at radius 1 is 1.09 bits per heavy atom. The summed E-state index contributed by atoms with van der Waals surface area (Å²) in [7, 11) is 3.48. The molecule has 0 radical (unpaired) electrons. The Morgan fingerprint density at radius 2 is 1.79 bits per heavy atom. The van der Waals surface area contributed by atoms with Gasteiger partial charge in [-0.1, -0.05) is 12.1 Å². The molecule has 0 bridgehead atoms. The molecule has 2 aliphatic rings. The number of likely N-dealkylation sites (tertiary alicyclic amines) is 1. The highest BCUT2D eigenvalue weighted by Gasteiger charge is 2.21. The van der Waals surface area contributed by atoms with Crippen LogP contribution in [0.5, 0.6) is 0 Å². The molecule has 1 aromatic rings. The third kappa shape index (κ3) is 8.90. The zero-order valence-corrected chi connectivity index (χ0v) is 22.2. The fraction of sp³-hybridized carbons (Fsp3) is 0.652. The van der Waals surface area contributed by atoms with Crippen molar-refractivity contribution >= 4 is 41.5 Å². The number of hydrogen-bond donors (Lipinski definition) is 3. The maximum Gasteiger partial charge on any atom is 0.233 e. The van der Waals surface area contributed by atoms with Crippen LogP contribution in [0.15, 0.2) is 29.3 Å². The fourth-order valence-electron chi connectivity index (χ4n) is 4.34. The molecular formula is C23H39FIN7O. The number of rotatable bonds is 8. The van der Waals surface area contributed by atoms with Gasteiger partial charge in [0.25, 0.3) is 0 Å². The second-order valence-corrected chi connectivity index (χ2v) is 8.50. The van der Waals surface area contributed by atoms with Crippen molar-refractivity contribution in [2.45, 2.75) is 25.3 Å². The number of piperazine rings is 1. The lowest BCUT2D eigenvalue weighted by molar-refractivity contribution is -0.122. The minimum atomic E-state index is -0.138. The highest BCUT2D eigenvalue weighted by atomic mass is 127. The molecule has 33 heavy (non-hydrogen) atoms. The van der Waals surface area contributed by atoms with Gasteiger partial charge in [-0.3, -0.25) is 19.6 Å². The van der Waals surface area contributed by atoms with Crippen molar-refractivity contribution in [3.05, 3.63) is 30.1 Å². The Balaban J connectivity index is 0.00000385. The Labute approximate surface area is 214 Å². The molecule has 0 unspecified atom stereocenters. The second-order valence-electron chi connectivity index (χ2n) is 8.50. The third-order valence-electron chi connectivity index (χ3n) is 6.31. The van der Waals surface area contributed by atoms with Crippen molar-refractivity contribution in [1.82, 2.24) is 25.8 Å². The number of aliphatic imine (C=N–C) groups is 1. The zero-order valence-electron chi connectivity index (χ0n) is 19.9. The van der Waals surface area contributed by atoms with Crippen LogP contribution in [0.2, 0.25) is 0 Å². The normalized spacial score (nSPS) is 18.5. The molecule has 0 aromatic heterocycles. The molecule has 186 valence electrons. The molecule has 0 spiro atoms. The van der Waals surface area contributed by atoms with Crippen LogP contribution in [0.4, 0.5) is 10.1 Å². The maximum absolute atomic E-state index is 14.0. The van der Waals surface area contributed by atoms with Crippen molar-refractivity contribution in [2.75, 3.05) is 77.9 Å². The number of nitrogens with one attached hydrogen (secondary N) is 3. The molecule has 1 aromatic carbocycles. The minimum absolute atomic E-state index is 0. The van der Waals surface area contributed by atoms with E-state index in [1.807, 2.05) is 12.1 Å². The third-order valence-corrected chi connectivity index (χ3v) is 6.31. The van der Waals surface area contributed by atoms with Crippen LogP contribution in [0.25, 0.3) is 0 Å². The topological polar surface area (TPSA) is 75.2 Å². The molecule has 2 fully saturated rings. The lowest BCUT2D eigenvalue weighted by Crippen LogP contribution is -2.50. The van der Waals surface area contributed by atoms with Crippen molar-refractivity contribution in [3.8, 4) is 0 Å². The van der Waals surface area contributed by atoms with Gasteiger partial charge in [0.05, 0.1) is 12.2 Å². The van der Waals surface area contributed by atoms with Gasteiger partial charge in [0, 0.05) is 66.0 Å². The van der Waals surface area contributed by atoms with Gasteiger partial charge >= 0.3 is 0 Å². The van der Waals surface area contributed by atoms with E-state index in [1.165, 1.54) is 6.07 Å². The summed E-state index contributed by atoms with van der Waals surface area (Å²) >= 11 is 0. The SMILES string of the molecule is CN=C(NCCCN1CCN(c2ccccc2F)CC1)NC1CCN(CC(=O)NC)CC1.I. The van der Waals surface area contributed by atoms with Crippen LogP contribution in [-0.2, 0) is 4.79 Å². The maximum atomic E-state index is 14.0. The molecule has 3 N–H and O–H groups in total. The second kappa shape index (κ2) is 14.6. The number of benzene rings is 1. The number of halogens is 2. The largest absolute Gasteiger partial charge is 0.367 e. The monoisotopic (exact) mass is 575 g/mol. The number of anilines is 1. The summed E-state index contributed by atoms with van der Waals surface area (Å²) in [6.07, 6.45) is 3.04. The molecular weight excluding hydrogens is 536 g/mol. The van der Waals surface area contributed by atoms with Crippen LogP contribution in [-0.4, -0.2) is 101 Å². The Morgan fingerprint density at radius 3 is 2.42 bits per heavy atom. The summed E-state index contributed by atoms with van der Waals surface area (Å²) in [6.45, 7) is 7.82. The number of guanidine groups is 1. The number of carbonyl (C=O) groups is 1. The fourth-order valence-corrected chi connectivity index (χ4v) is 4.34. The molecule has 2 aliphatic heterocycles. The number of likely N-dealkylation sites (N-methyl/N-ethyl adjacent to an activating group) is 1. The van der Waals surface area contributed by atoms with Gasteiger partial charge in [0.1, 0.15) is 5.82 Å². The van der Waals surface area contributed by atoms with Gasteiger partial charge in [0.2, 0.25) is 5.91 Å². The Bertz CT molecular complexity index is 750. The van der Waals surface area contributed by atoms with Crippen molar-refractivity contribution < 1.29 is 9.18 Å². The van der Waals surface area contributed by atoms with Gasteiger partial charge in [-0.15, -0.1) is 24.0 Å². The smallest absolute Gasteiger partial charge is 0.233 e. The standard InChI is InChI=1S/C23H38FN7O.HI/c1-25-22(32)18-30-12-8-19(9-13-30)28-23(26-2)27-10-5-11-29-14-16-31(17-15-29)21-7-4-3-6-20(21)24;/h3-4,6-7,19H,5,8-18H2,1-2H3,(H,25,32)(H2,26,27,28);1H. The number of hydrogen-bond acceptors (Lipinski definition) is 5. The van der Waals surface area contributed by atoms with Crippen LogP contribution in [0.3, 0.4) is 0 Å².